The van der Waals surface area contributed by atoms with Crippen LogP contribution in [-0.4, -0.2) is 52.9 Å². The Morgan fingerprint density at radius 3 is 2.73 bits per heavy atom. The minimum atomic E-state index is -0.249. The first-order valence-corrected chi connectivity index (χ1v) is 7.84. The molecule has 2 fully saturated rings. The van der Waals surface area contributed by atoms with Gasteiger partial charge in [-0.05, 0) is 25.7 Å². The molecule has 1 saturated heterocycles. The molecule has 22 heavy (non-hydrogen) atoms. The fraction of sp³-hybridized carbons (Fsp3) is 0.600. The second-order valence-corrected chi connectivity index (χ2v) is 6.28. The molecule has 1 unspecified atom stereocenters. The van der Waals surface area contributed by atoms with E-state index >= 15 is 0 Å². The van der Waals surface area contributed by atoms with Crippen molar-refractivity contribution in [2.45, 2.75) is 37.6 Å². The van der Waals surface area contributed by atoms with Crippen molar-refractivity contribution in [2.75, 3.05) is 25.5 Å². The predicted octanol–water partition coefficient (Wildman–Crippen LogP) is 0.282. The maximum absolute atomic E-state index is 12.1. The van der Waals surface area contributed by atoms with Crippen LogP contribution in [0.2, 0.25) is 0 Å². The molecule has 0 radical (unpaired) electrons. The van der Waals surface area contributed by atoms with E-state index in [0.717, 1.165) is 37.2 Å². The molecule has 3 aliphatic rings. The van der Waals surface area contributed by atoms with Crippen molar-refractivity contribution >= 4 is 17.6 Å². The van der Waals surface area contributed by atoms with Crippen LogP contribution in [0, 0.1) is 0 Å². The first-order chi connectivity index (χ1) is 10.6. The van der Waals surface area contributed by atoms with Gasteiger partial charge in [-0.2, -0.15) is 0 Å². The molecule has 7 nitrogen and oxygen atoms in total. The number of fused-ring (bicyclic) bond motifs is 1. The zero-order valence-corrected chi connectivity index (χ0v) is 12.6. The normalized spacial score (nSPS) is 24.2. The topological polar surface area (TPSA) is 87.2 Å². The number of carbonyl (C=O) groups excluding carboxylic acids is 2. The number of nitrogens with one attached hydrogen (secondary N) is 2. The van der Waals surface area contributed by atoms with Gasteiger partial charge in [-0.3, -0.25) is 9.59 Å². The van der Waals surface area contributed by atoms with Gasteiger partial charge in [0.25, 0.3) is 5.91 Å². The summed E-state index contributed by atoms with van der Waals surface area (Å²) in [6.07, 6.45) is 3.61. The summed E-state index contributed by atoms with van der Waals surface area (Å²) < 4.78 is 0. The van der Waals surface area contributed by atoms with Crippen LogP contribution in [-0.2, 0) is 11.2 Å². The van der Waals surface area contributed by atoms with Crippen LogP contribution in [0.3, 0.4) is 0 Å². The molecule has 2 aliphatic heterocycles. The molecule has 0 aromatic carbocycles. The maximum Gasteiger partial charge on any atom is 0.270 e. The van der Waals surface area contributed by atoms with E-state index in [-0.39, 0.29) is 17.9 Å². The van der Waals surface area contributed by atoms with Gasteiger partial charge in [0.2, 0.25) is 5.91 Å². The van der Waals surface area contributed by atoms with E-state index < -0.39 is 0 Å². The van der Waals surface area contributed by atoms with E-state index in [4.69, 9.17) is 0 Å². The van der Waals surface area contributed by atoms with Gasteiger partial charge < -0.3 is 15.5 Å². The van der Waals surface area contributed by atoms with Crippen molar-refractivity contribution in [1.29, 1.82) is 0 Å². The lowest BCUT2D eigenvalue weighted by atomic mass is 10.1. The SMILES string of the molecule is CN1CCC(Nc2nc(C3CC3)nc3c2CCNC3=O)C1=O. The van der Waals surface area contributed by atoms with Crippen molar-refractivity contribution in [3.05, 3.63) is 17.1 Å². The number of nitrogens with zero attached hydrogens (tertiary/aromatic N) is 3. The average molecular weight is 301 g/mol. The van der Waals surface area contributed by atoms with Gasteiger partial charge in [-0.15, -0.1) is 0 Å². The largest absolute Gasteiger partial charge is 0.358 e. The molecular weight excluding hydrogens is 282 g/mol. The Bertz CT molecular complexity index is 656. The van der Waals surface area contributed by atoms with Gasteiger partial charge in [0.15, 0.2) is 0 Å². The summed E-state index contributed by atoms with van der Waals surface area (Å²) in [5.41, 5.74) is 1.32. The van der Waals surface area contributed by atoms with Gasteiger partial charge in [-0.25, -0.2) is 9.97 Å². The standard InChI is InChI=1S/C15H19N5O2/c1-20-7-5-10(15(20)22)17-13-9-4-6-16-14(21)11(9)18-12(19-13)8-2-3-8/h8,10H,2-7H2,1H3,(H,16,21)(H,17,18,19). The Morgan fingerprint density at radius 1 is 1.23 bits per heavy atom. The number of aromatic nitrogens is 2. The molecule has 4 rings (SSSR count). The van der Waals surface area contributed by atoms with E-state index in [0.29, 0.717) is 30.4 Å². The summed E-state index contributed by atoms with van der Waals surface area (Å²) in [5, 5.41) is 6.10. The van der Waals surface area contributed by atoms with Gasteiger partial charge in [-0.1, -0.05) is 0 Å². The number of likely N-dealkylation sites (N-methyl/N-ethyl adjacent to an activating group) is 1. The molecule has 0 spiro atoms. The highest BCUT2D eigenvalue weighted by Crippen LogP contribution is 2.39. The highest BCUT2D eigenvalue weighted by atomic mass is 16.2. The average Bonchev–Trinajstić information content (AvgIpc) is 3.31. The van der Waals surface area contributed by atoms with E-state index in [1.807, 2.05) is 7.05 Å². The van der Waals surface area contributed by atoms with Crippen LogP contribution in [0.5, 0.6) is 0 Å². The third-order valence-corrected chi connectivity index (χ3v) is 4.58. The molecule has 2 amide bonds. The summed E-state index contributed by atoms with van der Waals surface area (Å²) in [6, 6.07) is -0.249. The number of carbonyl (C=O) groups is 2. The zero-order valence-electron chi connectivity index (χ0n) is 12.6. The maximum atomic E-state index is 12.1. The third-order valence-electron chi connectivity index (χ3n) is 4.58. The minimum Gasteiger partial charge on any atom is -0.358 e. The second kappa shape index (κ2) is 4.93. The Hall–Kier alpha value is -2.18. The zero-order chi connectivity index (χ0) is 15.3. The van der Waals surface area contributed by atoms with Crippen molar-refractivity contribution in [3.63, 3.8) is 0 Å². The molecule has 7 heteroatoms. The van der Waals surface area contributed by atoms with Crippen molar-refractivity contribution < 1.29 is 9.59 Å². The fourth-order valence-electron chi connectivity index (χ4n) is 3.08. The Balaban J connectivity index is 1.71. The predicted molar refractivity (Wildman–Crippen MR) is 79.7 cm³/mol. The van der Waals surface area contributed by atoms with Crippen LogP contribution < -0.4 is 10.6 Å². The highest BCUT2D eigenvalue weighted by Gasteiger charge is 2.34. The number of anilines is 1. The molecule has 1 aromatic rings. The molecular formula is C15H19N5O2. The third kappa shape index (κ3) is 2.20. The van der Waals surface area contributed by atoms with Gasteiger partial charge in [0.05, 0.1) is 0 Å². The first kappa shape index (κ1) is 13.5. The smallest absolute Gasteiger partial charge is 0.270 e. The molecule has 1 aromatic heterocycles. The Morgan fingerprint density at radius 2 is 2.05 bits per heavy atom. The Kier molecular flexibility index (Phi) is 3.02. The van der Waals surface area contributed by atoms with Crippen LogP contribution in [0.25, 0.3) is 0 Å². The molecule has 3 heterocycles. The lowest BCUT2D eigenvalue weighted by molar-refractivity contribution is -0.127. The summed E-state index contributed by atoms with van der Waals surface area (Å²) in [5.74, 6) is 1.72. The van der Waals surface area contributed by atoms with Crippen molar-refractivity contribution in [1.82, 2.24) is 20.2 Å². The molecule has 2 N–H and O–H groups in total. The number of amides is 2. The van der Waals surface area contributed by atoms with Gasteiger partial charge in [0, 0.05) is 31.6 Å². The van der Waals surface area contributed by atoms with E-state index in [1.54, 1.807) is 4.90 Å². The first-order valence-electron chi connectivity index (χ1n) is 7.84. The summed E-state index contributed by atoms with van der Waals surface area (Å²) in [4.78, 5) is 35.0. The van der Waals surface area contributed by atoms with Crippen LogP contribution in [0.4, 0.5) is 5.82 Å². The summed E-state index contributed by atoms with van der Waals surface area (Å²) in [6.45, 7) is 1.34. The van der Waals surface area contributed by atoms with Crippen LogP contribution in [0.15, 0.2) is 0 Å². The van der Waals surface area contributed by atoms with E-state index in [1.165, 1.54) is 0 Å². The van der Waals surface area contributed by atoms with E-state index in [9.17, 15) is 9.59 Å². The summed E-state index contributed by atoms with van der Waals surface area (Å²) >= 11 is 0. The quantitative estimate of drug-likeness (QED) is 0.837. The number of rotatable bonds is 3. The van der Waals surface area contributed by atoms with E-state index in [2.05, 4.69) is 20.6 Å². The lowest BCUT2D eigenvalue weighted by Crippen LogP contribution is -2.36. The number of hydrogen-bond acceptors (Lipinski definition) is 5. The van der Waals surface area contributed by atoms with Gasteiger partial charge >= 0.3 is 0 Å². The van der Waals surface area contributed by atoms with Crippen molar-refractivity contribution in [3.8, 4) is 0 Å². The van der Waals surface area contributed by atoms with Crippen LogP contribution >= 0.6 is 0 Å². The van der Waals surface area contributed by atoms with Gasteiger partial charge in [0.1, 0.15) is 23.4 Å². The molecule has 1 aliphatic carbocycles. The van der Waals surface area contributed by atoms with Crippen molar-refractivity contribution in [2.24, 2.45) is 0 Å². The summed E-state index contributed by atoms with van der Waals surface area (Å²) in [7, 11) is 1.81. The molecule has 1 atom stereocenters. The molecule has 116 valence electrons. The fourth-order valence-corrected chi connectivity index (χ4v) is 3.08. The monoisotopic (exact) mass is 301 g/mol. The Labute approximate surface area is 128 Å². The minimum absolute atomic E-state index is 0.0839. The molecule has 0 bridgehead atoms. The van der Waals surface area contributed by atoms with Crippen LogP contribution in [0.1, 0.15) is 47.1 Å². The second-order valence-electron chi connectivity index (χ2n) is 6.28. The molecule has 1 saturated carbocycles. The highest BCUT2D eigenvalue weighted by molar-refractivity contribution is 5.96. The number of likely N-dealkylation sites (tertiary alicyclic amines) is 1. The lowest BCUT2D eigenvalue weighted by Gasteiger charge is -2.21. The number of hydrogen-bond donors (Lipinski definition) is 2.